The SMILES string of the molecule is Cc1[nH]c2cc(Br)ccc2c1C(C)(C)C(=O)O. The van der Waals surface area contributed by atoms with Crippen molar-refractivity contribution in [1.29, 1.82) is 0 Å². The number of H-pyrrole nitrogens is 1. The molecular formula is C13H14BrNO2. The largest absolute Gasteiger partial charge is 0.481 e. The van der Waals surface area contributed by atoms with Crippen LogP contribution in [-0.4, -0.2) is 16.1 Å². The van der Waals surface area contributed by atoms with Crippen molar-refractivity contribution in [3.05, 3.63) is 33.9 Å². The van der Waals surface area contributed by atoms with Gasteiger partial charge in [0.25, 0.3) is 0 Å². The van der Waals surface area contributed by atoms with Crippen LogP contribution in [0, 0.1) is 6.92 Å². The number of aliphatic carboxylic acids is 1. The van der Waals surface area contributed by atoms with Gasteiger partial charge in [0.05, 0.1) is 5.41 Å². The number of nitrogens with one attached hydrogen (secondary N) is 1. The van der Waals surface area contributed by atoms with Gasteiger partial charge in [-0.1, -0.05) is 22.0 Å². The van der Waals surface area contributed by atoms with Gasteiger partial charge in [-0.2, -0.15) is 0 Å². The smallest absolute Gasteiger partial charge is 0.313 e. The van der Waals surface area contributed by atoms with E-state index in [1.54, 1.807) is 13.8 Å². The van der Waals surface area contributed by atoms with Crippen molar-refractivity contribution in [2.75, 3.05) is 0 Å². The molecule has 0 atom stereocenters. The Morgan fingerprint density at radius 2 is 2.06 bits per heavy atom. The molecule has 0 aliphatic carbocycles. The number of aromatic nitrogens is 1. The van der Waals surface area contributed by atoms with Gasteiger partial charge in [-0.25, -0.2) is 0 Å². The lowest BCUT2D eigenvalue weighted by Gasteiger charge is -2.20. The van der Waals surface area contributed by atoms with E-state index in [-0.39, 0.29) is 0 Å². The highest BCUT2D eigenvalue weighted by Crippen LogP contribution is 2.34. The summed E-state index contributed by atoms with van der Waals surface area (Å²) in [6.07, 6.45) is 0. The van der Waals surface area contributed by atoms with Gasteiger partial charge in [0.15, 0.2) is 0 Å². The standard InChI is InChI=1S/C13H14BrNO2/c1-7-11(13(2,3)12(16)17)9-5-4-8(14)6-10(9)15-7/h4-6,15H,1-3H3,(H,16,17). The van der Waals surface area contributed by atoms with E-state index in [0.717, 1.165) is 26.6 Å². The van der Waals surface area contributed by atoms with Crippen LogP contribution in [0.2, 0.25) is 0 Å². The van der Waals surface area contributed by atoms with Gasteiger partial charge in [-0.05, 0) is 38.5 Å². The number of benzene rings is 1. The lowest BCUT2D eigenvalue weighted by molar-refractivity contribution is -0.142. The minimum atomic E-state index is -0.893. The number of aryl methyl sites for hydroxylation is 1. The Morgan fingerprint density at radius 1 is 1.41 bits per heavy atom. The number of carbonyl (C=O) groups is 1. The molecule has 0 aliphatic heterocycles. The van der Waals surface area contributed by atoms with Crippen LogP contribution in [0.1, 0.15) is 25.1 Å². The van der Waals surface area contributed by atoms with Crippen LogP contribution in [0.25, 0.3) is 10.9 Å². The zero-order chi connectivity index (χ0) is 12.8. The predicted molar refractivity (Wildman–Crippen MR) is 71.4 cm³/mol. The lowest BCUT2D eigenvalue weighted by atomic mass is 9.83. The molecule has 2 rings (SSSR count). The third-order valence-corrected chi connectivity index (χ3v) is 3.60. The van der Waals surface area contributed by atoms with Crippen LogP contribution in [0.3, 0.4) is 0 Å². The molecule has 17 heavy (non-hydrogen) atoms. The molecule has 0 amide bonds. The first kappa shape index (κ1) is 12.2. The van der Waals surface area contributed by atoms with Gasteiger partial charge in [0, 0.05) is 21.1 Å². The second kappa shape index (κ2) is 3.88. The highest BCUT2D eigenvalue weighted by Gasteiger charge is 2.33. The Balaban J connectivity index is 2.78. The predicted octanol–water partition coefficient (Wildman–Crippen LogP) is 3.60. The highest BCUT2D eigenvalue weighted by molar-refractivity contribution is 9.10. The molecule has 1 aromatic heterocycles. The number of fused-ring (bicyclic) bond motifs is 1. The van der Waals surface area contributed by atoms with Crippen molar-refractivity contribution < 1.29 is 9.90 Å². The molecule has 1 aromatic carbocycles. The second-order valence-electron chi connectivity index (χ2n) is 4.75. The molecule has 2 N–H and O–H groups in total. The molecular weight excluding hydrogens is 282 g/mol. The van der Waals surface area contributed by atoms with Crippen LogP contribution in [-0.2, 0) is 10.2 Å². The minimum absolute atomic E-state index is 0.815. The second-order valence-corrected chi connectivity index (χ2v) is 5.66. The Kier molecular flexibility index (Phi) is 2.78. The molecule has 90 valence electrons. The fourth-order valence-corrected chi connectivity index (χ4v) is 2.58. The molecule has 1 heterocycles. The number of hydrogen-bond acceptors (Lipinski definition) is 1. The maximum Gasteiger partial charge on any atom is 0.313 e. The fraction of sp³-hybridized carbons (Fsp3) is 0.308. The van der Waals surface area contributed by atoms with Crippen LogP contribution < -0.4 is 0 Å². The Bertz CT molecular complexity index is 599. The summed E-state index contributed by atoms with van der Waals surface area (Å²) in [4.78, 5) is 14.6. The lowest BCUT2D eigenvalue weighted by Crippen LogP contribution is -2.29. The molecule has 0 aliphatic rings. The molecule has 0 bridgehead atoms. The van der Waals surface area contributed by atoms with Crippen molar-refractivity contribution in [1.82, 2.24) is 4.98 Å². The molecule has 0 saturated heterocycles. The maximum atomic E-state index is 11.4. The van der Waals surface area contributed by atoms with Gasteiger partial charge >= 0.3 is 5.97 Å². The first-order chi connectivity index (χ1) is 7.84. The average Bonchev–Trinajstić information content (AvgIpc) is 2.53. The Morgan fingerprint density at radius 3 is 2.65 bits per heavy atom. The molecule has 3 nitrogen and oxygen atoms in total. The number of aromatic amines is 1. The molecule has 0 fully saturated rings. The van der Waals surface area contributed by atoms with E-state index in [1.807, 2.05) is 25.1 Å². The van der Waals surface area contributed by atoms with Gasteiger partial charge in [0.1, 0.15) is 0 Å². The first-order valence-electron chi connectivity index (χ1n) is 5.35. The third kappa shape index (κ3) is 1.86. The Hall–Kier alpha value is -1.29. The normalized spacial score (nSPS) is 12.0. The molecule has 0 unspecified atom stereocenters. The van der Waals surface area contributed by atoms with Crippen molar-refractivity contribution in [2.45, 2.75) is 26.2 Å². The number of halogens is 1. The van der Waals surface area contributed by atoms with Crippen LogP contribution in [0.15, 0.2) is 22.7 Å². The minimum Gasteiger partial charge on any atom is -0.481 e. The van der Waals surface area contributed by atoms with Gasteiger partial charge < -0.3 is 10.1 Å². The van der Waals surface area contributed by atoms with Crippen molar-refractivity contribution in [2.24, 2.45) is 0 Å². The Labute approximate surface area is 108 Å². The van der Waals surface area contributed by atoms with E-state index >= 15 is 0 Å². The fourth-order valence-electron chi connectivity index (χ4n) is 2.22. The van der Waals surface area contributed by atoms with Gasteiger partial charge in [0.2, 0.25) is 0 Å². The third-order valence-electron chi connectivity index (χ3n) is 3.11. The van der Waals surface area contributed by atoms with Crippen LogP contribution in [0.5, 0.6) is 0 Å². The molecule has 4 heteroatoms. The van der Waals surface area contributed by atoms with Crippen LogP contribution in [0.4, 0.5) is 0 Å². The van der Waals surface area contributed by atoms with Crippen LogP contribution >= 0.6 is 15.9 Å². The van der Waals surface area contributed by atoms with E-state index < -0.39 is 11.4 Å². The quantitative estimate of drug-likeness (QED) is 0.889. The van der Waals surface area contributed by atoms with Crippen molar-refractivity contribution >= 4 is 32.8 Å². The summed E-state index contributed by atoms with van der Waals surface area (Å²) in [6.45, 7) is 5.37. The van der Waals surface area contributed by atoms with E-state index in [0.29, 0.717) is 0 Å². The number of rotatable bonds is 2. The number of carboxylic acid groups (broad SMARTS) is 1. The van der Waals surface area contributed by atoms with Gasteiger partial charge in [-0.3, -0.25) is 4.79 Å². The molecule has 0 radical (unpaired) electrons. The average molecular weight is 296 g/mol. The summed E-state index contributed by atoms with van der Waals surface area (Å²) in [5, 5.41) is 10.3. The monoisotopic (exact) mass is 295 g/mol. The summed E-state index contributed by atoms with van der Waals surface area (Å²) in [6, 6.07) is 5.84. The molecule has 0 saturated carbocycles. The molecule has 0 spiro atoms. The van der Waals surface area contributed by atoms with E-state index in [1.165, 1.54) is 0 Å². The first-order valence-corrected chi connectivity index (χ1v) is 6.15. The zero-order valence-electron chi connectivity index (χ0n) is 9.97. The van der Waals surface area contributed by atoms with E-state index in [4.69, 9.17) is 0 Å². The van der Waals surface area contributed by atoms with E-state index in [2.05, 4.69) is 20.9 Å². The summed E-state index contributed by atoms with van der Waals surface area (Å²) >= 11 is 3.41. The summed E-state index contributed by atoms with van der Waals surface area (Å²) in [7, 11) is 0. The number of hydrogen-bond donors (Lipinski definition) is 2. The highest BCUT2D eigenvalue weighted by atomic mass is 79.9. The summed E-state index contributed by atoms with van der Waals surface area (Å²) in [5.41, 5.74) is 1.83. The summed E-state index contributed by atoms with van der Waals surface area (Å²) < 4.78 is 0.978. The van der Waals surface area contributed by atoms with Crippen molar-refractivity contribution in [3.8, 4) is 0 Å². The maximum absolute atomic E-state index is 11.4. The number of carboxylic acids is 1. The summed E-state index contributed by atoms with van der Waals surface area (Å²) in [5.74, 6) is -0.815. The zero-order valence-corrected chi connectivity index (χ0v) is 11.6. The van der Waals surface area contributed by atoms with E-state index in [9.17, 15) is 9.90 Å². The van der Waals surface area contributed by atoms with Gasteiger partial charge in [-0.15, -0.1) is 0 Å². The topological polar surface area (TPSA) is 53.1 Å². The van der Waals surface area contributed by atoms with Crippen molar-refractivity contribution in [3.63, 3.8) is 0 Å². The molecule has 2 aromatic rings.